The highest BCUT2D eigenvalue weighted by Crippen LogP contribution is 2.28. The van der Waals surface area contributed by atoms with Crippen LogP contribution < -0.4 is 5.32 Å². The third kappa shape index (κ3) is 5.66. The van der Waals surface area contributed by atoms with Gasteiger partial charge in [0.25, 0.3) is 0 Å². The Morgan fingerprint density at radius 3 is 2.23 bits per heavy atom. The number of benzene rings is 1. The van der Waals surface area contributed by atoms with E-state index in [1.165, 1.54) is 18.4 Å². The monoisotopic (exact) mass is 449 g/mol. The number of nitrogens with zero attached hydrogens (tertiary/aromatic N) is 2. The fraction of sp³-hybridized carbons (Fsp3) is 0.652. The molecule has 0 bridgehead atoms. The second kappa shape index (κ2) is 9.69. The maximum atomic E-state index is 13.5. The maximum absolute atomic E-state index is 13.5. The maximum Gasteiger partial charge on any atom is 0.247 e. The summed E-state index contributed by atoms with van der Waals surface area (Å²) in [5.74, 6) is -0.624. The molecular weight excluding hydrogens is 414 g/mol. The lowest BCUT2D eigenvalue weighted by Crippen LogP contribution is -2.69. The highest BCUT2D eigenvalue weighted by molar-refractivity contribution is 7.88. The molecule has 2 amide bonds. The van der Waals surface area contributed by atoms with Crippen LogP contribution in [0.15, 0.2) is 24.3 Å². The van der Waals surface area contributed by atoms with E-state index in [-0.39, 0.29) is 37.5 Å². The Hall–Kier alpha value is -1.93. The van der Waals surface area contributed by atoms with Gasteiger partial charge in [0.05, 0.1) is 12.8 Å². The zero-order valence-corrected chi connectivity index (χ0v) is 19.7. The van der Waals surface area contributed by atoms with Crippen LogP contribution in [0.3, 0.4) is 0 Å². The van der Waals surface area contributed by atoms with Gasteiger partial charge in [0.1, 0.15) is 5.54 Å². The van der Waals surface area contributed by atoms with Crippen molar-refractivity contribution in [1.82, 2.24) is 14.5 Å². The smallest absolute Gasteiger partial charge is 0.247 e. The zero-order valence-electron chi connectivity index (χ0n) is 18.9. The second-order valence-electron chi connectivity index (χ2n) is 9.12. The second-order valence-corrected chi connectivity index (χ2v) is 11.1. The predicted molar refractivity (Wildman–Crippen MR) is 121 cm³/mol. The number of carbonyl (C=O) groups is 2. The van der Waals surface area contributed by atoms with Gasteiger partial charge >= 0.3 is 0 Å². The average molecular weight is 450 g/mol. The van der Waals surface area contributed by atoms with Crippen molar-refractivity contribution < 1.29 is 18.0 Å². The summed E-state index contributed by atoms with van der Waals surface area (Å²) in [5.41, 5.74) is 0.853. The number of rotatable bonds is 6. The molecular formula is C23H35N3O4S. The van der Waals surface area contributed by atoms with Crippen molar-refractivity contribution >= 4 is 21.8 Å². The van der Waals surface area contributed by atoms with E-state index in [9.17, 15) is 18.0 Å². The Morgan fingerprint density at radius 1 is 1.10 bits per heavy atom. The van der Waals surface area contributed by atoms with Crippen LogP contribution >= 0.6 is 0 Å². The molecule has 8 heteroatoms. The van der Waals surface area contributed by atoms with Gasteiger partial charge in [0.15, 0.2) is 0 Å². The lowest BCUT2D eigenvalue weighted by molar-refractivity contribution is -0.154. The molecule has 1 saturated heterocycles. The number of carbonyl (C=O) groups excluding carboxylic acids is 2. The molecule has 1 aliphatic carbocycles. The van der Waals surface area contributed by atoms with Gasteiger partial charge in [-0.05, 0) is 37.3 Å². The summed E-state index contributed by atoms with van der Waals surface area (Å²) in [5, 5.41) is 3.14. The lowest BCUT2D eigenvalue weighted by atomic mass is 9.93. The van der Waals surface area contributed by atoms with Crippen LogP contribution in [0.25, 0.3) is 0 Å². The van der Waals surface area contributed by atoms with Crippen molar-refractivity contribution in [2.24, 2.45) is 0 Å². The normalized spacial score (nSPS) is 24.1. The molecule has 0 spiro atoms. The van der Waals surface area contributed by atoms with Crippen LogP contribution in [0, 0.1) is 0 Å². The Balaban J connectivity index is 1.87. The van der Waals surface area contributed by atoms with Gasteiger partial charge in [-0.25, -0.2) is 8.42 Å². The first-order chi connectivity index (χ1) is 14.6. The van der Waals surface area contributed by atoms with E-state index in [1.807, 2.05) is 24.3 Å². The van der Waals surface area contributed by atoms with Gasteiger partial charge in [-0.2, -0.15) is 4.31 Å². The number of amides is 2. The van der Waals surface area contributed by atoms with Gasteiger partial charge in [0, 0.05) is 19.1 Å². The Bertz CT molecular complexity index is 892. The van der Waals surface area contributed by atoms with Crippen LogP contribution in [0.2, 0.25) is 0 Å². The number of hydrogen-bond acceptors (Lipinski definition) is 4. The largest absolute Gasteiger partial charge is 0.351 e. The fourth-order valence-electron chi connectivity index (χ4n) is 4.52. The van der Waals surface area contributed by atoms with Gasteiger partial charge < -0.3 is 10.2 Å². The molecule has 1 aromatic carbocycles. The third-order valence-corrected chi connectivity index (χ3v) is 7.81. The summed E-state index contributed by atoms with van der Waals surface area (Å²) < 4.78 is 25.6. The van der Waals surface area contributed by atoms with Crippen molar-refractivity contribution in [3.8, 4) is 0 Å². The van der Waals surface area contributed by atoms with Crippen LogP contribution in [0.5, 0.6) is 0 Å². The topological polar surface area (TPSA) is 86.8 Å². The molecule has 1 N–H and O–H groups in total. The molecule has 0 radical (unpaired) electrons. The molecule has 1 aliphatic heterocycles. The van der Waals surface area contributed by atoms with Crippen molar-refractivity contribution in [2.75, 3.05) is 19.3 Å². The van der Waals surface area contributed by atoms with E-state index in [0.29, 0.717) is 0 Å². The molecule has 2 aliphatic rings. The van der Waals surface area contributed by atoms with E-state index in [1.54, 1.807) is 11.8 Å². The summed E-state index contributed by atoms with van der Waals surface area (Å²) in [4.78, 5) is 28.1. The Morgan fingerprint density at radius 2 is 1.68 bits per heavy atom. The minimum Gasteiger partial charge on any atom is -0.351 e. The van der Waals surface area contributed by atoms with E-state index in [4.69, 9.17) is 0 Å². The Labute approximate surface area is 186 Å². The summed E-state index contributed by atoms with van der Waals surface area (Å²) >= 11 is 0. The number of sulfonamides is 1. The molecule has 1 heterocycles. The molecule has 3 rings (SSSR count). The first-order valence-corrected chi connectivity index (χ1v) is 13.1. The Kier molecular flexibility index (Phi) is 7.42. The minimum absolute atomic E-state index is 0.0385. The van der Waals surface area contributed by atoms with Crippen LogP contribution in [-0.4, -0.2) is 60.4 Å². The quantitative estimate of drug-likeness (QED) is 0.676. The van der Waals surface area contributed by atoms with Gasteiger partial charge in [-0.1, -0.05) is 56.9 Å². The SMILES string of the molecule is CCc1ccc(CN2C(=O)CN(S(C)(=O)=O)CC2(C)C(=O)NC2CCCCCC2)cc1. The molecule has 1 aromatic rings. The standard InChI is InChI=1S/C23H35N3O4S/c1-4-18-11-13-19(14-12-18)15-26-21(27)16-25(31(3,29)30)17-23(26,2)22(28)24-20-9-7-5-6-8-10-20/h11-14,20H,4-10,15-17H2,1-3H3,(H,24,28). The molecule has 0 aromatic heterocycles. The van der Waals surface area contributed by atoms with Crippen molar-refractivity contribution in [2.45, 2.75) is 76.9 Å². The summed E-state index contributed by atoms with van der Waals surface area (Å²) in [6.07, 6.45) is 8.34. The molecule has 31 heavy (non-hydrogen) atoms. The van der Waals surface area contributed by atoms with Crippen LogP contribution in [0.1, 0.15) is 63.5 Å². The molecule has 1 saturated carbocycles. The van der Waals surface area contributed by atoms with E-state index in [0.717, 1.165) is 48.2 Å². The summed E-state index contributed by atoms with van der Waals surface area (Å²) in [6, 6.07) is 8.06. The highest BCUT2D eigenvalue weighted by Gasteiger charge is 2.49. The number of hydrogen-bond donors (Lipinski definition) is 1. The number of piperazine rings is 1. The van der Waals surface area contributed by atoms with Gasteiger partial charge in [0.2, 0.25) is 21.8 Å². The number of nitrogens with one attached hydrogen (secondary N) is 1. The van der Waals surface area contributed by atoms with Crippen molar-refractivity contribution in [3.05, 3.63) is 35.4 Å². The van der Waals surface area contributed by atoms with Gasteiger partial charge in [-0.15, -0.1) is 0 Å². The van der Waals surface area contributed by atoms with E-state index >= 15 is 0 Å². The summed E-state index contributed by atoms with van der Waals surface area (Å²) in [6.45, 7) is 3.77. The first kappa shape index (κ1) is 23.7. The highest BCUT2D eigenvalue weighted by atomic mass is 32.2. The molecule has 7 nitrogen and oxygen atoms in total. The van der Waals surface area contributed by atoms with Crippen LogP contribution in [-0.2, 0) is 32.6 Å². The van der Waals surface area contributed by atoms with Crippen molar-refractivity contribution in [1.29, 1.82) is 0 Å². The molecule has 1 atom stereocenters. The first-order valence-electron chi connectivity index (χ1n) is 11.3. The number of aryl methyl sites for hydroxylation is 1. The van der Waals surface area contributed by atoms with E-state index < -0.39 is 15.6 Å². The molecule has 172 valence electrons. The molecule has 2 fully saturated rings. The van der Waals surface area contributed by atoms with Crippen molar-refractivity contribution in [3.63, 3.8) is 0 Å². The van der Waals surface area contributed by atoms with Gasteiger partial charge in [-0.3, -0.25) is 9.59 Å². The van der Waals surface area contributed by atoms with Crippen LogP contribution in [0.4, 0.5) is 0 Å². The minimum atomic E-state index is -3.60. The lowest BCUT2D eigenvalue weighted by Gasteiger charge is -2.47. The average Bonchev–Trinajstić information content (AvgIpc) is 2.99. The predicted octanol–water partition coefficient (Wildman–Crippen LogP) is 2.45. The third-order valence-electron chi connectivity index (χ3n) is 6.61. The summed E-state index contributed by atoms with van der Waals surface area (Å²) in [7, 11) is -3.60. The zero-order chi connectivity index (χ0) is 22.6. The molecule has 1 unspecified atom stereocenters. The fourth-order valence-corrected chi connectivity index (χ4v) is 5.35. The van der Waals surface area contributed by atoms with E-state index in [2.05, 4.69) is 12.2 Å².